The van der Waals surface area contributed by atoms with Crippen molar-refractivity contribution in [1.82, 2.24) is 5.43 Å². The molecule has 0 saturated heterocycles. The molecule has 0 aliphatic rings. The minimum absolute atomic E-state index is 0.0214. The van der Waals surface area contributed by atoms with Crippen LogP contribution >= 0.6 is 11.3 Å². The van der Waals surface area contributed by atoms with Crippen molar-refractivity contribution in [3.8, 4) is 0 Å². The molecule has 0 aliphatic carbocycles. The molecule has 0 radical (unpaired) electrons. The number of rotatable bonds is 9. The number of amides is 1. The van der Waals surface area contributed by atoms with Crippen LogP contribution in [0, 0.1) is 6.92 Å². The van der Waals surface area contributed by atoms with Crippen LogP contribution in [-0.2, 0) is 4.79 Å². The Hall–Kier alpha value is -1.16. The Kier molecular flexibility index (Phi) is 8.19. The van der Waals surface area contributed by atoms with Crippen molar-refractivity contribution in [3.63, 3.8) is 0 Å². The summed E-state index contributed by atoms with van der Waals surface area (Å²) >= 11 is 1.69. The van der Waals surface area contributed by atoms with Gasteiger partial charge in [0.05, 0.1) is 10.6 Å². The third-order valence-corrected chi connectivity index (χ3v) is 4.31. The summed E-state index contributed by atoms with van der Waals surface area (Å²) in [4.78, 5) is 14.0. The van der Waals surface area contributed by atoms with Crippen LogP contribution in [0.5, 0.6) is 0 Å². The lowest BCUT2D eigenvalue weighted by molar-refractivity contribution is -0.121. The molecule has 20 heavy (non-hydrogen) atoms. The van der Waals surface area contributed by atoms with E-state index in [0.29, 0.717) is 6.42 Å². The SMILES string of the molecule is CCCCCCCCC(=O)N/N=C(\C)c1ccc(C)s1. The first kappa shape index (κ1) is 16.9. The number of hydrazone groups is 1. The van der Waals surface area contributed by atoms with E-state index >= 15 is 0 Å². The van der Waals surface area contributed by atoms with Crippen LogP contribution in [0.1, 0.15) is 68.5 Å². The second kappa shape index (κ2) is 9.70. The van der Waals surface area contributed by atoms with Gasteiger partial charge in [0.25, 0.3) is 0 Å². The van der Waals surface area contributed by atoms with Gasteiger partial charge in [-0.05, 0) is 32.4 Å². The van der Waals surface area contributed by atoms with E-state index in [0.717, 1.165) is 23.4 Å². The maximum absolute atomic E-state index is 11.7. The van der Waals surface area contributed by atoms with Gasteiger partial charge in [0, 0.05) is 11.3 Å². The quantitative estimate of drug-likeness (QED) is 0.402. The maximum atomic E-state index is 11.7. The summed E-state index contributed by atoms with van der Waals surface area (Å²) in [5.41, 5.74) is 3.52. The van der Waals surface area contributed by atoms with Crippen molar-refractivity contribution >= 4 is 23.0 Å². The standard InChI is InChI=1S/C16H26N2OS/c1-4-5-6-7-8-9-10-16(19)18-17-14(3)15-12-11-13(2)20-15/h11-12H,4-10H2,1-3H3,(H,18,19)/b17-14+. The summed E-state index contributed by atoms with van der Waals surface area (Å²) in [6.07, 6.45) is 7.76. The first-order valence-electron chi connectivity index (χ1n) is 7.53. The van der Waals surface area contributed by atoms with E-state index in [1.54, 1.807) is 11.3 Å². The van der Waals surface area contributed by atoms with Gasteiger partial charge >= 0.3 is 0 Å². The van der Waals surface area contributed by atoms with Crippen LogP contribution in [0.4, 0.5) is 0 Å². The third kappa shape index (κ3) is 6.85. The van der Waals surface area contributed by atoms with Crippen molar-refractivity contribution in [2.75, 3.05) is 0 Å². The Morgan fingerprint density at radius 1 is 1.20 bits per heavy atom. The third-order valence-electron chi connectivity index (χ3n) is 3.20. The zero-order valence-corrected chi connectivity index (χ0v) is 13.7. The van der Waals surface area contributed by atoms with E-state index in [-0.39, 0.29) is 5.91 Å². The molecule has 1 amide bonds. The number of aryl methyl sites for hydroxylation is 1. The van der Waals surface area contributed by atoms with Crippen LogP contribution in [0.2, 0.25) is 0 Å². The zero-order chi connectivity index (χ0) is 14.8. The minimum atomic E-state index is 0.0214. The molecule has 0 unspecified atom stereocenters. The predicted molar refractivity (Wildman–Crippen MR) is 87.4 cm³/mol. The van der Waals surface area contributed by atoms with E-state index in [2.05, 4.69) is 30.4 Å². The number of carbonyl (C=O) groups excluding carboxylic acids is 1. The van der Waals surface area contributed by atoms with E-state index in [4.69, 9.17) is 0 Å². The van der Waals surface area contributed by atoms with Gasteiger partial charge < -0.3 is 0 Å². The van der Waals surface area contributed by atoms with Crippen LogP contribution in [-0.4, -0.2) is 11.6 Å². The second-order valence-corrected chi connectivity index (χ2v) is 6.45. The fourth-order valence-corrected chi connectivity index (χ4v) is 2.76. The summed E-state index contributed by atoms with van der Waals surface area (Å²) in [6.45, 7) is 6.21. The van der Waals surface area contributed by atoms with Crippen LogP contribution in [0.3, 0.4) is 0 Å². The molecule has 4 heteroatoms. The number of unbranched alkanes of at least 4 members (excludes halogenated alkanes) is 5. The number of hydrogen-bond acceptors (Lipinski definition) is 3. The number of thiophene rings is 1. The lowest BCUT2D eigenvalue weighted by atomic mass is 10.1. The Labute approximate surface area is 126 Å². The van der Waals surface area contributed by atoms with Crippen molar-refractivity contribution in [1.29, 1.82) is 0 Å². The molecular weight excluding hydrogens is 268 g/mol. The molecule has 0 spiro atoms. The topological polar surface area (TPSA) is 41.5 Å². The molecule has 0 aromatic carbocycles. The number of hydrogen-bond donors (Lipinski definition) is 1. The summed E-state index contributed by atoms with van der Waals surface area (Å²) < 4.78 is 0. The summed E-state index contributed by atoms with van der Waals surface area (Å²) in [5, 5.41) is 4.16. The molecule has 1 aromatic rings. The monoisotopic (exact) mass is 294 g/mol. The fraction of sp³-hybridized carbons (Fsp3) is 0.625. The molecule has 0 atom stereocenters. The first-order valence-corrected chi connectivity index (χ1v) is 8.35. The van der Waals surface area contributed by atoms with Crippen LogP contribution < -0.4 is 5.43 Å². The van der Waals surface area contributed by atoms with E-state index < -0.39 is 0 Å². The van der Waals surface area contributed by atoms with Gasteiger partial charge in [0.2, 0.25) is 5.91 Å². The highest BCUT2D eigenvalue weighted by Crippen LogP contribution is 2.15. The Morgan fingerprint density at radius 2 is 1.90 bits per heavy atom. The normalized spacial score (nSPS) is 11.7. The van der Waals surface area contributed by atoms with Gasteiger partial charge in [-0.1, -0.05) is 39.0 Å². The van der Waals surface area contributed by atoms with Crippen molar-refractivity contribution in [3.05, 3.63) is 21.9 Å². The molecule has 3 nitrogen and oxygen atoms in total. The largest absolute Gasteiger partial charge is 0.273 e. The summed E-state index contributed by atoms with van der Waals surface area (Å²) in [7, 11) is 0. The van der Waals surface area contributed by atoms with Crippen molar-refractivity contribution < 1.29 is 4.79 Å². The molecule has 0 bridgehead atoms. The molecule has 0 aliphatic heterocycles. The molecule has 112 valence electrons. The number of nitrogens with one attached hydrogen (secondary N) is 1. The van der Waals surface area contributed by atoms with Crippen molar-refractivity contribution in [2.24, 2.45) is 5.10 Å². The zero-order valence-electron chi connectivity index (χ0n) is 12.9. The molecule has 1 N–H and O–H groups in total. The number of nitrogens with zero attached hydrogens (tertiary/aromatic N) is 1. The second-order valence-electron chi connectivity index (χ2n) is 5.16. The Bertz CT molecular complexity index is 437. The van der Waals surface area contributed by atoms with E-state index in [9.17, 15) is 4.79 Å². The lowest BCUT2D eigenvalue weighted by Crippen LogP contribution is -2.18. The van der Waals surface area contributed by atoms with Crippen LogP contribution in [0.25, 0.3) is 0 Å². The molecule has 1 aromatic heterocycles. The average molecular weight is 294 g/mol. The van der Waals surface area contributed by atoms with Crippen LogP contribution in [0.15, 0.2) is 17.2 Å². The highest BCUT2D eigenvalue weighted by atomic mass is 32.1. The Morgan fingerprint density at radius 3 is 2.55 bits per heavy atom. The molecule has 0 saturated carbocycles. The van der Waals surface area contributed by atoms with Gasteiger partial charge in [-0.2, -0.15) is 5.10 Å². The summed E-state index contributed by atoms with van der Waals surface area (Å²) in [5.74, 6) is 0.0214. The van der Waals surface area contributed by atoms with Crippen molar-refractivity contribution in [2.45, 2.75) is 65.7 Å². The highest BCUT2D eigenvalue weighted by Gasteiger charge is 2.03. The van der Waals surface area contributed by atoms with Gasteiger partial charge in [-0.25, -0.2) is 5.43 Å². The van der Waals surface area contributed by atoms with Gasteiger partial charge in [0.1, 0.15) is 0 Å². The Balaban J connectivity index is 2.19. The minimum Gasteiger partial charge on any atom is -0.273 e. The number of carbonyl (C=O) groups is 1. The molecule has 1 heterocycles. The average Bonchev–Trinajstić information content (AvgIpc) is 2.86. The smallest absolute Gasteiger partial charge is 0.240 e. The van der Waals surface area contributed by atoms with Gasteiger partial charge in [-0.15, -0.1) is 11.3 Å². The molecule has 1 rings (SSSR count). The molecule has 0 fully saturated rings. The summed E-state index contributed by atoms with van der Waals surface area (Å²) in [6, 6.07) is 4.11. The van der Waals surface area contributed by atoms with Gasteiger partial charge in [-0.3, -0.25) is 4.79 Å². The van der Waals surface area contributed by atoms with E-state index in [1.165, 1.54) is 30.6 Å². The van der Waals surface area contributed by atoms with E-state index in [1.807, 2.05) is 13.0 Å². The fourth-order valence-electron chi connectivity index (χ4n) is 1.95. The lowest BCUT2D eigenvalue weighted by Gasteiger charge is -2.02. The first-order chi connectivity index (χ1) is 9.63. The highest BCUT2D eigenvalue weighted by molar-refractivity contribution is 7.14. The maximum Gasteiger partial charge on any atom is 0.240 e. The van der Waals surface area contributed by atoms with Gasteiger partial charge in [0.15, 0.2) is 0 Å². The predicted octanol–water partition coefficient (Wildman–Crippen LogP) is 4.65. The molecular formula is C16H26N2OS.